The van der Waals surface area contributed by atoms with Gasteiger partial charge >= 0.3 is 0 Å². The lowest BCUT2D eigenvalue weighted by Gasteiger charge is -2.24. The molecule has 0 fully saturated rings. The highest BCUT2D eigenvalue weighted by atomic mass is 15.2. The van der Waals surface area contributed by atoms with Gasteiger partial charge in [0.1, 0.15) is 0 Å². The third kappa shape index (κ3) is 3.16. The molecule has 1 aromatic rings. The van der Waals surface area contributed by atoms with E-state index in [4.69, 9.17) is 5.73 Å². The number of anilines is 1. The first-order valence-corrected chi connectivity index (χ1v) is 5.43. The van der Waals surface area contributed by atoms with Crippen LogP contribution in [-0.2, 0) is 6.54 Å². The Morgan fingerprint density at radius 1 is 1.53 bits per heavy atom. The summed E-state index contributed by atoms with van der Waals surface area (Å²) in [5, 5.41) is 0. The van der Waals surface area contributed by atoms with Crippen LogP contribution in [0.5, 0.6) is 0 Å². The molecule has 0 amide bonds. The van der Waals surface area contributed by atoms with Gasteiger partial charge in [0.25, 0.3) is 0 Å². The second kappa shape index (κ2) is 5.66. The molecule has 0 aliphatic heterocycles. The monoisotopic (exact) mass is 208 g/mol. The van der Waals surface area contributed by atoms with E-state index in [2.05, 4.69) is 28.7 Å². The molecule has 4 heteroatoms. The number of hydrogen-bond donors (Lipinski definition) is 1. The van der Waals surface area contributed by atoms with Crippen molar-refractivity contribution in [1.29, 1.82) is 0 Å². The average Bonchev–Trinajstić information content (AvgIpc) is 2.28. The molecule has 84 valence electrons. The lowest BCUT2D eigenvalue weighted by atomic mass is 10.2. The second-order valence-corrected chi connectivity index (χ2v) is 3.80. The van der Waals surface area contributed by atoms with Gasteiger partial charge in [-0.15, -0.1) is 0 Å². The summed E-state index contributed by atoms with van der Waals surface area (Å²) in [6, 6.07) is 2.31. The van der Waals surface area contributed by atoms with E-state index in [-0.39, 0.29) is 0 Å². The Morgan fingerprint density at radius 3 is 2.87 bits per heavy atom. The first-order chi connectivity index (χ1) is 7.19. The van der Waals surface area contributed by atoms with Crippen molar-refractivity contribution < 1.29 is 0 Å². The van der Waals surface area contributed by atoms with Crippen LogP contribution in [0.2, 0.25) is 0 Å². The summed E-state index contributed by atoms with van der Waals surface area (Å²) in [7, 11) is 2.02. The lowest BCUT2D eigenvalue weighted by molar-refractivity contribution is 0.604. The molecule has 0 aliphatic rings. The molecule has 1 unspecified atom stereocenters. The van der Waals surface area contributed by atoms with Crippen LogP contribution < -0.4 is 10.6 Å². The molecule has 0 radical (unpaired) electrons. The molecule has 0 saturated heterocycles. The van der Waals surface area contributed by atoms with E-state index in [1.54, 1.807) is 6.20 Å². The number of nitrogens with zero attached hydrogens (tertiary/aromatic N) is 3. The van der Waals surface area contributed by atoms with Crippen molar-refractivity contribution in [1.82, 2.24) is 9.97 Å². The van der Waals surface area contributed by atoms with Gasteiger partial charge in [-0.05, 0) is 19.4 Å². The normalized spacial score (nSPS) is 12.5. The van der Waals surface area contributed by atoms with E-state index in [0.717, 1.165) is 18.1 Å². The molecule has 1 atom stereocenters. The maximum absolute atomic E-state index is 5.54. The van der Waals surface area contributed by atoms with Crippen molar-refractivity contribution in [3.63, 3.8) is 0 Å². The van der Waals surface area contributed by atoms with Gasteiger partial charge in [-0.1, -0.05) is 13.3 Å². The van der Waals surface area contributed by atoms with Gasteiger partial charge in [0.15, 0.2) is 0 Å². The molecular formula is C11H20N4. The molecule has 0 aliphatic carbocycles. The molecule has 0 spiro atoms. The van der Waals surface area contributed by atoms with Crippen LogP contribution in [0.1, 0.15) is 32.4 Å². The minimum atomic E-state index is 0.461. The van der Waals surface area contributed by atoms with Gasteiger partial charge in [0.05, 0.1) is 5.69 Å². The van der Waals surface area contributed by atoms with Crippen molar-refractivity contribution in [2.75, 3.05) is 11.9 Å². The SMILES string of the molecule is CCCC(C)N(C)c1nccc(CN)n1. The molecule has 2 N–H and O–H groups in total. The third-order valence-electron chi connectivity index (χ3n) is 2.59. The highest BCUT2D eigenvalue weighted by molar-refractivity contribution is 5.30. The highest BCUT2D eigenvalue weighted by Gasteiger charge is 2.11. The number of nitrogens with two attached hydrogens (primary N) is 1. The van der Waals surface area contributed by atoms with Crippen LogP contribution in [0.25, 0.3) is 0 Å². The number of aromatic nitrogens is 2. The van der Waals surface area contributed by atoms with Crippen LogP contribution in [0.15, 0.2) is 12.3 Å². The van der Waals surface area contributed by atoms with E-state index in [9.17, 15) is 0 Å². The van der Waals surface area contributed by atoms with Crippen molar-refractivity contribution in [2.45, 2.75) is 39.3 Å². The maximum atomic E-state index is 5.54. The average molecular weight is 208 g/mol. The summed E-state index contributed by atoms with van der Waals surface area (Å²) < 4.78 is 0. The summed E-state index contributed by atoms with van der Waals surface area (Å²) in [6.07, 6.45) is 4.08. The summed E-state index contributed by atoms with van der Waals surface area (Å²) in [5.41, 5.74) is 6.43. The van der Waals surface area contributed by atoms with Crippen molar-refractivity contribution in [2.24, 2.45) is 5.73 Å². The van der Waals surface area contributed by atoms with Crippen LogP contribution >= 0.6 is 0 Å². The fraction of sp³-hybridized carbons (Fsp3) is 0.636. The Labute approximate surface area is 91.5 Å². The van der Waals surface area contributed by atoms with Crippen LogP contribution in [0.3, 0.4) is 0 Å². The van der Waals surface area contributed by atoms with E-state index in [1.807, 2.05) is 13.1 Å². The predicted molar refractivity (Wildman–Crippen MR) is 62.7 cm³/mol. The van der Waals surface area contributed by atoms with Crippen molar-refractivity contribution in [3.8, 4) is 0 Å². The Hall–Kier alpha value is -1.16. The highest BCUT2D eigenvalue weighted by Crippen LogP contribution is 2.12. The molecule has 0 bridgehead atoms. The molecule has 1 heterocycles. The standard InChI is InChI=1S/C11H20N4/c1-4-5-9(2)15(3)11-13-7-6-10(8-12)14-11/h6-7,9H,4-5,8,12H2,1-3H3. The Kier molecular flexibility index (Phi) is 4.49. The largest absolute Gasteiger partial charge is 0.341 e. The summed E-state index contributed by atoms with van der Waals surface area (Å²) in [6.45, 7) is 4.83. The Morgan fingerprint density at radius 2 is 2.27 bits per heavy atom. The van der Waals surface area contributed by atoms with Gasteiger partial charge < -0.3 is 10.6 Å². The van der Waals surface area contributed by atoms with Crippen LogP contribution in [-0.4, -0.2) is 23.1 Å². The molecule has 0 saturated carbocycles. The zero-order valence-corrected chi connectivity index (χ0v) is 9.77. The van der Waals surface area contributed by atoms with E-state index in [0.29, 0.717) is 12.6 Å². The van der Waals surface area contributed by atoms with Gasteiger partial charge in [-0.3, -0.25) is 0 Å². The topological polar surface area (TPSA) is 55.0 Å². The maximum Gasteiger partial charge on any atom is 0.225 e. The second-order valence-electron chi connectivity index (χ2n) is 3.80. The number of rotatable bonds is 5. The first-order valence-electron chi connectivity index (χ1n) is 5.43. The van der Waals surface area contributed by atoms with Crippen LogP contribution in [0, 0.1) is 0 Å². The first kappa shape index (κ1) is 11.9. The minimum Gasteiger partial charge on any atom is -0.341 e. The van der Waals surface area contributed by atoms with Gasteiger partial charge in [-0.2, -0.15) is 0 Å². The zero-order chi connectivity index (χ0) is 11.3. The van der Waals surface area contributed by atoms with Gasteiger partial charge in [0.2, 0.25) is 5.95 Å². The fourth-order valence-corrected chi connectivity index (χ4v) is 1.48. The van der Waals surface area contributed by atoms with E-state index in [1.165, 1.54) is 6.42 Å². The van der Waals surface area contributed by atoms with Crippen LogP contribution in [0.4, 0.5) is 5.95 Å². The van der Waals surface area contributed by atoms with Gasteiger partial charge in [0, 0.05) is 25.8 Å². The molecule has 1 aromatic heterocycles. The molecule has 4 nitrogen and oxygen atoms in total. The summed E-state index contributed by atoms with van der Waals surface area (Å²) in [5.74, 6) is 0.763. The Bertz CT molecular complexity index is 300. The number of hydrogen-bond acceptors (Lipinski definition) is 4. The quantitative estimate of drug-likeness (QED) is 0.798. The summed E-state index contributed by atoms with van der Waals surface area (Å²) in [4.78, 5) is 10.7. The molecule has 15 heavy (non-hydrogen) atoms. The summed E-state index contributed by atoms with van der Waals surface area (Å²) >= 11 is 0. The molecule has 1 rings (SSSR count). The smallest absolute Gasteiger partial charge is 0.225 e. The van der Waals surface area contributed by atoms with Gasteiger partial charge in [-0.25, -0.2) is 9.97 Å². The van der Waals surface area contributed by atoms with E-state index >= 15 is 0 Å². The fourth-order valence-electron chi connectivity index (χ4n) is 1.48. The predicted octanol–water partition coefficient (Wildman–Crippen LogP) is 1.56. The molecular weight excluding hydrogens is 188 g/mol. The third-order valence-corrected chi connectivity index (χ3v) is 2.59. The van der Waals surface area contributed by atoms with Crippen molar-refractivity contribution in [3.05, 3.63) is 18.0 Å². The zero-order valence-electron chi connectivity index (χ0n) is 9.77. The minimum absolute atomic E-state index is 0.461. The lowest BCUT2D eigenvalue weighted by Crippen LogP contribution is -2.30. The Balaban J connectivity index is 2.76. The van der Waals surface area contributed by atoms with E-state index < -0.39 is 0 Å². The van der Waals surface area contributed by atoms with Crippen molar-refractivity contribution >= 4 is 5.95 Å². The molecule has 0 aromatic carbocycles.